The van der Waals surface area contributed by atoms with Gasteiger partial charge in [0.2, 0.25) is 5.91 Å². The molecule has 0 radical (unpaired) electrons. The van der Waals surface area contributed by atoms with Gasteiger partial charge >= 0.3 is 0 Å². The number of carbonyl (C=O) groups excluding carboxylic acids is 1. The van der Waals surface area contributed by atoms with Crippen LogP contribution in [0, 0.1) is 21.4 Å². The highest BCUT2D eigenvalue weighted by Gasteiger charge is 2.55. The number of aryl methyl sites for hydroxylation is 1. The van der Waals surface area contributed by atoms with Gasteiger partial charge in [-0.2, -0.15) is 5.10 Å². The van der Waals surface area contributed by atoms with Crippen LogP contribution in [-0.2, 0) is 16.6 Å². The van der Waals surface area contributed by atoms with E-state index in [4.69, 9.17) is 11.6 Å². The highest BCUT2D eigenvalue weighted by molar-refractivity contribution is 6.32. The number of hydrazone groups is 1. The van der Waals surface area contributed by atoms with Gasteiger partial charge in [0.25, 0.3) is 5.69 Å². The van der Waals surface area contributed by atoms with Gasteiger partial charge in [-0.25, -0.2) is 5.43 Å². The number of fused-ring (bicyclic) bond motifs is 3. The zero-order valence-corrected chi connectivity index (χ0v) is 21.0. The van der Waals surface area contributed by atoms with Crippen LogP contribution in [0.25, 0.3) is 0 Å². The number of nitro groups is 1. The second-order valence-electron chi connectivity index (χ2n) is 10.5. The lowest BCUT2D eigenvalue weighted by Crippen LogP contribution is -2.54. The standard InChI is InChI=1S/C27H32ClN3O3/c1-17(2)19-7-9-21-20(15-19)8-11-24-26(21,3)12-5-13-27(24,4)25(32)30-29-16-18-6-10-22(28)23(14-18)31(33)34/h6-7,9-10,14-17,24H,5,8,11-13H2,1-4H3,(H,30,32)/b29-16+/t24-,26-,27-/m1/s1. The normalized spacial score (nSPS) is 26.2. The first-order valence-electron chi connectivity index (χ1n) is 12.0. The van der Waals surface area contributed by atoms with Crippen molar-refractivity contribution < 1.29 is 9.72 Å². The minimum absolute atomic E-state index is 0.0477. The molecule has 34 heavy (non-hydrogen) atoms. The minimum atomic E-state index is -0.537. The molecule has 2 aliphatic rings. The second-order valence-corrected chi connectivity index (χ2v) is 10.9. The molecule has 7 heteroatoms. The Bertz CT molecular complexity index is 1160. The largest absolute Gasteiger partial charge is 0.288 e. The molecule has 0 bridgehead atoms. The molecule has 6 nitrogen and oxygen atoms in total. The van der Waals surface area contributed by atoms with Gasteiger partial charge in [-0.15, -0.1) is 0 Å². The number of hydrogen-bond donors (Lipinski definition) is 1. The van der Waals surface area contributed by atoms with Crippen LogP contribution in [0.2, 0.25) is 5.02 Å². The zero-order chi connectivity index (χ0) is 24.7. The number of nitrogens with one attached hydrogen (secondary N) is 1. The zero-order valence-electron chi connectivity index (χ0n) is 20.2. The van der Waals surface area contributed by atoms with E-state index in [0.717, 1.165) is 32.1 Å². The van der Waals surface area contributed by atoms with E-state index in [9.17, 15) is 14.9 Å². The van der Waals surface area contributed by atoms with Crippen molar-refractivity contribution >= 4 is 29.4 Å². The maximum atomic E-state index is 13.4. The second kappa shape index (κ2) is 9.14. The lowest BCUT2D eigenvalue weighted by atomic mass is 9.49. The third kappa shape index (κ3) is 4.24. The van der Waals surface area contributed by atoms with Gasteiger partial charge < -0.3 is 0 Å². The van der Waals surface area contributed by atoms with Crippen LogP contribution in [0.5, 0.6) is 0 Å². The molecular weight excluding hydrogens is 450 g/mol. The van der Waals surface area contributed by atoms with Gasteiger partial charge in [-0.1, -0.05) is 70.0 Å². The molecule has 1 fully saturated rings. The van der Waals surface area contributed by atoms with Crippen molar-refractivity contribution in [3.05, 3.63) is 73.8 Å². The Morgan fingerprint density at radius 3 is 2.71 bits per heavy atom. The Balaban J connectivity index is 1.55. The molecule has 3 atom stereocenters. The molecule has 0 unspecified atom stereocenters. The first-order chi connectivity index (χ1) is 16.1. The van der Waals surface area contributed by atoms with Crippen LogP contribution in [0.4, 0.5) is 5.69 Å². The summed E-state index contributed by atoms with van der Waals surface area (Å²) in [7, 11) is 0. The third-order valence-corrected chi connectivity index (χ3v) is 8.43. The highest BCUT2D eigenvalue weighted by Crippen LogP contribution is 2.57. The first kappa shape index (κ1) is 24.4. The Kier molecular flexibility index (Phi) is 6.56. The third-order valence-electron chi connectivity index (χ3n) is 8.11. The minimum Gasteiger partial charge on any atom is -0.273 e. The Labute approximate surface area is 205 Å². The first-order valence-corrected chi connectivity index (χ1v) is 12.3. The smallest absolute Gasteiger partial charge is 0.273 e. The molecule has 0 spiro atoms. The van der Waals surface area contributed by atoms with Crippen molar-refractivity contribution in [2.24, 2.45) is 16.4 Å². The molecule has 1 N–H and O–H groups in total. The van der Waals surface area contributed by atoms with Crippen LogP contribution in [0.3, 0.4) is 0 Å². The highest BCUT2D eigenvalue weighted by atomic mass is 35.5. The topological polar surface area (TPSA) is 84.6 Å². The van der Waals surface area contributed by atoms with Crippen molar-refractivity contribution in [3.63, 3.8) is 0 Å². The van der Waals surface area contributed by atoms with Gasteiger partial charge in [0.1, 0.15) is 5.02 Å². The molecule has 2 aromatic carbocycles. The van der Waals surface area contributed by atoms with E-state index in [2.05, 4.69) is 56.4 Å². The number of benzene rings is 2. The lowest BCUT2D eigenvalue weighted by molar-refractivity contribution is -0.384. The van der Waals surface area contributed by atoms with Crippen LogP contribution in [0.1, 0.15) is 81.5 Å². The molecule has 4 rings (SSSR count). The Hall–Kier alpha value is -2.73. The number of nitrogens with zero attached hydrogens (tertiary/aromatic N) is 2. The number of halogens is 1. The molecule has 180 valence electrons. The fourth-order valence-electron chi connectivity index (χ4n) is 6.19. The summed E-state index contributed by atoms with van der Waals surface area (Å²) in [5, 5.41) is 15.3. The summed E-state index contributed by atoms with van der Waals surface area (Å²) >= 11 is 5.88. The van der Waals surface area contributed by atoms with E-state index in [0.29, 0.717) is 11.5 Å². The van der Waals surface area contributed by atoms with Gasteiger partial charge in [0.15, 0.2) is 0 Å². The quantitative estimate of drug-likeness (QED) is 0.299. The summed E-state index contributed by atoms with van der Waals surface area (Å²) in [6.45, 7) is 8.84. The number of amides is 1. The summed E-state index contributed by atoms with van der Waals surface area (Å²) < 4.78 is 0. The summed E-state index contributed by atoms with van der Waals surface area (Å²) in [4.78, 5) is 24.0. The van der Waals surface area contributed by atoms with Crippen LogP contribution in [0.15, 0.2) is 41.5 Å². The number of hydrogen-bond acceptors (Lipinski definition) is 4. The molecule has 0 saturated heterocycles. The van der Waals surface area contributed by atoms with Crippen molar-refractivity contribution in [3.8, 4) is 0 Å². The molecule has 0 aliphatic heterocycles. The predicted molar refractivity (Wildman–Crippen MR) is 135 cm³/mol. The van der Waals surface area contributed by atoms with Gasteiger partial charge in [-0.05, 0) is 65.7 Å². The van der Waals surface area contributed by atoms with E-state index >= 15 is 0 Å². The average Bonchev–Trinajstić information content (AvgIpc) is 2.79. The van der Waals surface area contributed by atoms with Crippen molar-refractivity contribution in [2.45, 2.75) is 71.1 Å². The van der Waals surface area contributed by atoms with Gasteiger partial charge in [-0.3, -0.25) is 14.9 Å². The predicted octanol–water partition coefficient (Wildman–Crippen LogP) is 6.53. The average molecular weight is 482 g/mol. The van der Waals surface area contributed by atoms with E-state index in [1.165, 1.54) is 35.0 Å². The maximum absolute atomic E-state index is 13.4. The van der Waals surface area contributed by atoms with Crippen molar-refractivity contribution in [2.75, 3.05) is 0 Å². The van der Waals surface area contributed by atoms with E-state index in [1.807, 2.05) is 0 Å². The van der Waals surface area contributed by atoms with E-state index in [-0.39, 0.29) is 28.0 Å². The van der Waals surface area contributed by atoms with Crippen LogP contribution < -0.4 is 5.43 Å². The van der Waals surface area contributed by atoms with E-state index in [1.54, 1.807) is 6.07 Å². The van der Waals surface area contributed by atoms with E-state index < -0.39 is 10.3 Å². The Morgan fingerprint density at radius 2 is 2.00 bits per heavy atom. The van der Waals surface area contributed by atoms with Crippen LogP contribution in [-0.4, -0.2) is 17.0 Å². The number of nitro benzene ring substituents is 1. The number of rotatable bonds is 5. The molecule has 0 heterocycles. The molecule has 2 aliphatic carbocycles. The molecule has 1 saturated carbocycles. The summed E-state index contributed by atoms with van der Waals surface area (Å²) in [6, 6.07) is 11.4. The van der Waals surface area contributed by atoms with Gasteiger partial charge in [0.05, 0.1) is 16.6 Å². The maximum Gasteiger partial charge on any atom is 0.288 e. The van der Waals surface area contributed by atoms with Crippen molar-refractivity contribution in [1.82, 2.24) is 5.43 Å². The fraction of sp³-hybridized carbons (Fsp3) is 0.481. The molecule has 2 aromatic rings. The number of carbonyl (C=O) groups is 1. The monoisotopic (exact) mass is 481 g/mol. The Morgan fingerprint density at radius 1 is 1.24 bits per heavy atom. The summed E-state index contributed by atoms with van der Waals surface area (Å²) in [5.41, 5.74) is 6.65. The van der Waals surface area contributed by atoms with Gasteiger partial charge in [0, 0.05) is 11.6 Å². The summed E-state index contributed by atoms with van der Waals surface area (Å²) in [6.07, 6.45) is 6.26. The van der Waals surface area contributed by atoms with Crippen molar-refractivity contribution in [1.29, 1.82) is 0 Å². The molecule has 1 amide bonds. The fourth-order valence-corrected chi connectivity index (χ4v) is 6.37. The lowest BCUT2D eigenvalue weighted by Gasteiger charge is -2.54. The molecular formula is C27H32ClN3O3. The molecule has 0 aromatic heterocycles. The van der Waals surface area contributed by atoms with Crippen LogP contribution >= 0.6 is 11.6 Å². The summed E-state index contributed by atoms with van der Waals surface area (Å²) in [5.74, 6) is 0.626. The SMILES string of the molecule is CC(C)c1ccc2c(c1)CC[C@H]1[C@](C)(C(=O)N/N=C/c3ccc(Cl)c([N+](=O)[O-])c3)CCC[C@]21C.